The summed E-state index contributed by atoms with van der Waals surface area (Å²) in [4.78, 5) is 25.3. The highest BCUT2D eigenvalue weighted by Gasteiger charge is 2.24. The molecular formula is C16H21Cl2N3O3. The molecule has 1 aliphatic rings. The van der Waals surface area contributed by atoms with Gasteiger partial charge in [-0.2, -0.15) is 0 Å². The molecule has 0 atom stereocenters. The average Bonchev–Trinajstić information content (AvgIpc) is 2.57. The first-order valence-electron chi connectivity index (χ1n) is 7.89. The predicted molar refractivity (Wildman–Crippen MR) is 94.7 cm³/mol. The Balaban J connectivity index is 1.71. The largest absolute Gasteiger partial charge is 0.450 e. The van der Waals surface area contributed by atoms with Crippen molar-refractivity contribution in [2.24, 2.45) is 0 Å². The molecule has 0 aliphatic carbocycles. The summed E-state index contributed by atoms with van der Waals surface area (Å²) in [7, 11) is 0. The van der Waals surface area contributed by atoms with Crippen LogP contribution in [0.3, 0.4) is 0 Å². The van der Waals surface area contributed by atoms with Gasteiger partial charge in [0.2, 0.25) is 5.91 Å². The van der Waals surface area contributed by atoms with E-state index in [2.05, 4.69) is 10.6 Å². The van der Waals surface area contributed by atoms with Crippen LogP contribution in [0.4, 0.5) is 10.5 Å². The number of likely N-dealkylation sites (tertiary alicyclic amines) is 1. The number of benzene rings is 1. The van der Waals surface area contributed by atoms with Crippen LogP contribution in [0.2, 0.25) is 10.0 Å². The van der Waals surface area contributed by atoms with Gasteiger partial charge in [0.1, 0.15) is 0 Å². The maximum atomic E-state index is 12.0. The molecule has 1 saturated heterocycles. The van der Waals surface area contributed by atoms with Crippen molar-refractivity contribution in [3.05, 3.63) is 28.2 Å². The maximum absolute atomic E-state index is 12.0. The van der Waals surface area contributed by atoms with Crippen LogP contribution in [0, 0.1) is 0 Å². The fourth-order valence-corrected chi connectivity index (χ4v) is 2.79. The number of carbonyl (C=O) groups excluding carboxylic acids is 2. The van der Waals surface area contributed by atoms with Crippen molar-refractivity contribution < 1.29 is 14.3 Å². The Bertz CT molecular complexity index is 590. The molecule has 6 nitrogen and oxygen atoms in total. The average molecular weight is 374 g/mol. The number of rotatable bonds is 5. The zero-order valence-electron chi connectivity index (χ0n) is 13.5. The lowest BCUT2D eigenvalue weighted by atomic mass is 10.1. The van der Waals surface area contributed by atoms with Crippen molar-refractivity contribution in [2.75, 3.05) is 31.6 Å². The Morgan fingerprint density at radius 2 is 1.96 bits per heavy atom. The van der Waals surface area contributed by atoms with Crippen LogP contribution in [0.5, 0.6) is 0 Å². The van der Waals surface area contributed by atoms with Gasteiger partial charge in [-0.25, -0.2) is 4.79 Å². The molecule has 1 fully saturated rings. The monoisotopic (exact) mass is 373 g/mol. The highest BCUT2D eigenvalue weighted by Crippen LogP contribution is 2.24. The summed E-state index contributed by atoms with van der Waals surface area (Å²) in [5.74, 6) is -0.101. The van der Waals surface area contributed by atoms with Gasteiger partial charge >= 0.3 is 6.09 Å². The highest BCUT2D eigenvalue weighted by atomic mass is 35.5. The fraction of sp³-hybridized carbons (Fsp3) is 0.500. The predicted octanol–water partition coefficient (Wildman–Crippen LogP) is 3.14. The van der Waals surface area contributed by atoms with Crippen molar-refractivity contribution in [3.63, 3.8) is 0 Å². The van der Waals surface area contributed by atoms with E-state index in [0.29, 0.717) is 29.7 Å². The van der Waals surface area contributed by atoms with Crippen LogP contribution in [0.15, 0.2) is 18.2 Å². The molecular weight excluding hydrogens is 353 g/mol. The Morgan fingerprint density at radius 3 is 2.58 bits per heavy atom. The van der Waals surface area contributed by atoms with E-state index in [0.717, 1.165) is 18.5 Å². The molecule has 2 rings (SSSR count). The van der Waals surface area contributed by atoms with Crippen molar-refractivity contribution in [1.82, 2.24) is 10.2 Å². The lowest BCUT2D eigenvalue weighted by molar-refractivity contribution is -0.120. The minimum Gasteiger partial charge on any atom is -0.450 e. The first-order chi connectivity index (χ1) is 11.5. The molecule has 24 heavy (non-hydrogen) atoms. The third-order valence-corrected chi connectivity index (χ3v) is 4.50. The lowest BCUT2D eigenvalue weighted by Gasteiger charge is -2.31. The number of ether oxygens (including phenoxy) is 1. The van der Waals surface area contributed by atoms with Crippen LogP contribution < -0.4 is 10.6 Å². The topological polar surface area (TPSA) is 70.7 Å². The van der Waals surface area contributed by atoms with E-state index >= 15 is 0 Å². The Hall–Kier alpha value is -1.66. The number of halogens is 2. The Labute approximate surface area is 151 Å². The van der Waals surface area contributed by atoms with Gasteiger partial charge in [-0.1, -0.05) is 23.2 Å². The van der Waals surface area contributed by atoms with Gasteiger partial charge in [0.25, 0.3) is 0 Å². The molecule has 0 bridgehead atoms. The second-order valence-electron chi connectivity index (χ2n) is 5.51. The molecule has 0 saturated carbocycles. The molecule has 0 aromatic heterocycles. The van der Waals surface area contributed by atoms with Crippen LogP contribution in [-0.2, 0) is 9.53 Å². The number of hydrogen-bond acceptors (Lipinski definition) is 4. The van der Waals surface area contributed by atoms with Gasteiger partial charge in [0, 0.05) is 24.8 Å². The van der Waals surface area contributed by atoms with Crippen molar-refractivity contribution in [1.29, 1.82) is 0 Å². The molecule has 1 aliphatic heterocycles. The Morgan fingerprint density at radius 1 is 1.25 bits per heavy atom. The summed E-state index contributed by atoms with van der Waals surface area (Å²) in [6.45, 7) is 3.48. The maximum Gasteiger partial charge on any atom is 0.409 e. The summed E-state index contributed by atoms with van der Waals surface area (Å²) in [6.07, 6.45) is 1.15. The Kier molecular flexibility index (Phi) is 6.99. The smallest absolute Gasteiger partial charge is 0.409 e. The number of nitrogens with zero attached hydrogens (tertiary/aromatic N) is 1. The first kappa shape index (κ1) is 18.7. The summed E-state index contributed by atoms with van der Waals surface area (Å²) in [5, 5.41) is 6.88. The fourth-order valence-electron chi connectivity index (χ4n) is 2.49. The second-order valence-corrected chi connectivity index (χ2v) is 6.32. The highest BCUT2D eigenvalue weighted by molar-refractivity contribution is 6.42. The van der Waals surface area contributed by atoms with E-state index in [4.69, 9.17) is 27.9 Å². The number of amides is 2. The quantitative estimate of drug-likeness (QED) is 0.831. The number of carbonyl (C=O) groups is 2. The van der Waals surface area contributed by atoms with Crippen LogP contribution in [-0.4, -0.2) is 49.2 Å². The number of piperidine rings is 1. The minimum atomic E-state index is -0.288. The van der Waals surface area contributed by atoms with Gasteiger partial charge in [-0.05, 0) is 38.0 Å². The van der Waals surface area contributed by atoms with Crippen molar-refractivity contribution in [3.8, 4) is 0 Å². The van der Waals surface area contributed by atoms with Gasteiger partial charge < -0.3 is 20.3 Å². The molecule has 1 heterocycles. The SMILES string of the molecule is CCOC(=O)N1CCC(NC(=O)CNc2ccc(Cl)c(Cl)c2)CC1. The molecule has 1 aromatic rings. The zero-order valence-corrected chi connectivity index (χ0v) is 15.0. The molecule has 0 unspecified atom stereocenters. The molecule has 132 valence electrons. The number of nitrogens with one attached hydrogen (secondary N) is 2. The molecule has 0 spiro atoms. The van der Waals surface area contributed by atoms with E-state index in [1.54, 1.807) is 30.0 Å². The lowest BCUT2D eigenvalue weighted by Crippen LogP contribution is -2.47. The number of hydrogen-bond donors (Lipinski definition) is 2. The first-order valence-corrected chi connectivity index (χ1v) is 8.65. The summed E-state index contributed by atoms with van der Waals surface area (Å²) in [6, 6.07) is 5.18. The van der Waals surface area contributed by atoms with E-state index in [1.807, 2.05) is 0 Å². The van der Waals surface area contributed by atoms with Crippen molar-refractivity contribution in [2.45, 2.75) is 25.8 Å². The van der Waals surface area contributed by atoms with E-state index in [1.165, 1.54) is 0 Å². The van der Waals surface area contributed by atoms with E-state index in [9.17, 15) is 9.59 Å². The molecule has 2 amide bonds. The van der Waals surface area contributed by atoms with Gasteiger partial charge in [-0.15, -0.1) is 0 Å². The summed E-state index contributed by atoms with van der Waals surface area (Å²) in [5.41, 5.74) is 0.733. The molecule has 0 radical (unpaired) electrons. The van der Waals surface area contributed by atoms with Gasteiger partial charge in [0.15, 0.2) is 0 Å². The van der Waals surface area contributed by atoms with E-state index < -0.39 is 0 Å². The normalized spacial score (nSPS) is 15.0. The third-order valence-electron chi connectivity index (χ3n) is 3.76. The summed E-state index contributed by atoms with van der Waals surface area (Å²) >= 11 is 11.8. The van der Waals surface area contributed by atoms with Gasteiger partial charge in [-0.3, -0.25) is 4.79 Å². The third kappa shape index (κ3) is 5.46. The van der Waals surface area contributed by atoms with Crippen LogP contribution >= 0.6 is 23.2 Å². The minimum absolute atomic E-state index is 0.0683. The standard InChI is InChI=1S/C16H21Cl2N3O3/c1-2-24-16(23)21-7-5-11(6-8-21)20-15(22)10-19-12-3-4-13(17)14(18)9-12/h3-4,9,11,19H,2,5-8,10H2,1H3,(H,20,22). The molecule has 8 heteroatoms. The van der Waals surface area contributed by atoms with E-state index in [-0.39, 0.29) is 24.6 Å². The second kappa shape index (κ2) is 8.99. The van der Waals surface area contributed by atoms with Gasteiger partial charge in [0.05, 0.1) is 23.2 Å². The molecule has 1 aromatic carbocycles. The molecule has 2 N–H and O–H groups in total. The summed E-state index contributed by atoms with van der Waals surface area (Å²) < 4.78 is 4.97. The van der Waals surface area contributed by atoms with Crippen molar-refractivity contribution >= 4 is 40.9 Å². The number of anilines is 1. The van der Waals surface area contributed by atoms with Crippen LogP contribution in [0.1, 0.15) is 19.8 Å². The van der Waals surface area contributed by atoms with Crippen LogP contribution in [0.25, 0.3) is 0 Å². The zero-order chi connectivity index (χ0) is 17.5.